The van der Waals surface area contributed by atoms with Gasteiger partial charge in [-0.1, -0.05) is 54.6 Å². The maximum absolute atomic E-state index is 13.0. The molecule has 0 saturated carbocycles. The van der Waals surface area contributed by atoms with Gasteiger partial charge in [-0.15, -0.1) is 0 Å². The van der Waals surface area contributed by atoms with Crippen molar-refractivity contribution in [2.24, 2.45) is 11.7 Å². The van der Waals surface area contributed by atoms with E-state index in [0.29, 0.717) is 42.8 Å². The number of hydrogen-bond acceptors (Lipinski definition) is 8. The first-order valence-electron chi connectivity index (χ1n) is 15.3. The Morgan fingerprint density at radius 1 is 0.913 bits per heavy atom. The van der Waals surface area contributed by atoms with Gasteiger partial charge in [-0.2, -0.15) is 8.42 Å². The maximum Gasteiger partial charge on any atom is 0.306 e. The fraction of sp³-hybridized carbons (Fsp3) is 0.382. The van der Waals surface area contributed by atoms with Gasteiger partial charge in [0.1, 0.15) is 12.4 Å². The zero-order valence-corrected chi connectivity index (χ0v) is 26.9. The molecule has 5 rings (SSSR count). The molecule has 0 atom stereocenters. The third-order valence-electron chi connectivity index (χ3n) is 8.16. The Hall–Kier alpha value is -4.10. The van der Waals surface area contributed by atoms with Crippen molar-refractivity contribution in [1.29, 1.82) is 5.41 Å². The number of nitrogens with zero attached hydrogens (tertiary/aromatic N) is 2. The number of aryl methyl sites for hydroxylation is 1. The predicted molar refractivity (Wildman–Crippen MR) is 175 cm³/mol. The summed E-state index contributed by atoms with van der Waals surface area (Å²) >= 11 is 0. The van der Waals surface area contributed by atoms with Crippen LogP contribution in [-0.4, -0.2) is 93.0 Å². The fourth-order valence-corrected chi connectivity index (χ4v) is 6.15. The molecule has 0 spiro atoms. The van der Waals surface area contributed by atoms with Crippen molar-refractivity contribution in [2.45, 2.75) is 31.1 Å². The number of nitrogens with one attached hydrogen (secondary N) is 1. The van der Waals surface area contributed by atoms with Crippen LogP contribution in [-0.2, 0) is 24.4 Å². The first-order chi connectivity index (χ1) is 22.0. The number of piperidine rings is 1. The molecule has 0 aliphatic carbocycles. The zero-order chi connectivity index (χ0) is 33.1. The minimum atomic E-state index is -4.03. The smallest absolute Gasteiger partial charge is 0.306 e. The number of benzene rings is 3. The van der Waals surface area contributed by atoms with E-state index in [0.717, 1.165) is 56.8 Å². The largest absolute Gasteiger partial charge is 0.464 e. The van der Waals surface area contributed by atoms with Crippen molar-refractivity contribution >= 4 is 27.8 Å². The van der Waals surface area contributed by atoms with Gasteiger partial charge in [0.25, 0.3) is 16.0 Å². The molecule has 11 nitrogen and oxygen atoms in total. The average molecular weight is 651 g/mol. The van der Waals surface area contributed by atoms with Gasteiger partial charge in [0.2, 0.25) is 0 Å². The van der Waals surface area contributed by atoms with Crippen molar-refractivity contribution in [3.05, 3.63) is 89.5 Å². The van der Waals surface area contributed by atoms with E-state index < -0.39 is 10.1 Å². The van der Waals surface area contributed by atoms with E-state index in [2.05, 4.69) is 4.90 Å². The fourth-order valence-electron chi connectivity index (χ4n) is 5.42. The Morgan fingerprint density at radius 3 is 2.00 bits per heavy atom. The molecule has 246 valence electrons. The number of carbonyl (C=O) groups is 2. The summed E-state index contributed by atoms with van der Waals surface area (Å²) in [5, 5.41) is 7.50. The van der Waals surface area contributed by atoms with E-state index >= 15 is 0 Å². The van der Waals surface area contributed by atoms with E-state index in [1.807, 2.05) is 53.4 Å². The van der Waals surface area contributed by atoms with Gasteiger partial charge in [0.15, 0.2) is 0 Å². The summed E-state index contributed by atoms with van der Waals surface area (Å²) < 4.78 is 40.6. The number of nitrogen functional groups attached to an aromatic ring is 1. The minimum absolute atomic E-state index is 0.0232. The standard InChI is InChI=1S/C27H34N4O4.C7H8O3S/c28-26(29)23-5-1-21(2-6-23)22-3-7-24(8-4-22)27(33)31-11-9-20(10-12-31)19-25(32)35-18-15-30-13-16-34-17-14-30;1-6-4-2-3-5-7(6)11(8,9)10/h1-8,20H,9-19H2,(H3,28,29);2-5H,1H3,(H,8,9,10). The highest BCUT2D eigenvalue weighted by Gasteiger charge is 2.26. The maximum atomic E-state index is 13.0. The van der Waals surface area contributed by atoms with Crippen LogP contribution in [0.3, 0.4) is 0 Å². The monoisotopic (exact) mass is 650 g/mol. The van der Waals surface area contributed by atoms with Gasteiger partial charge in [-0.3, -0.25) is 24.5 Å². The molecule has 2 saturated heterocycles. The number of likely N-dealkylation sites (tertiary alicyclic amines) is 1. The number of amides is 1. The van der Waals surface area contributed by atoms with E-state index in [4.69, 9.17) is 25.2 Å². The Kier molecular flexibility index (Phi) is 12.4. The van der Waals surface area contributed by atoms with Crippen molar-refractivity contribution in [3.8, 4) is 11.1 Å². The molecule has 1 amide bonds. The summed E-state index contributed by atoms with van der Waals surface area (Å²) in [5.41, 5.74) is 9.42. The van der Waals surface area contributed by atoms with Crippen LogP contribution in [0.25, 0.3) is 11.1 Å². The number of hydrogen-bond donors (Lipinski definition) is 3. The van der Waals surface area contributed by atoms with Crippen LogP contribution >= 0.6 is 0 Å². The van der Waals surface area contributed by atoms with Crippen molar-refractivity contribution in [2.75, 3.05) is 52.5 Å². The second-order valence-corrected chi connectivity index (χ2v) is 12.8. The molecule has 46 heavy (non-hydrogen) atoms. The van der Waals surface area contributed by atoms with Crippen LogP contribution in [0.2, 0.25) is 0 Å². The van der Waals surface area contributed by atoms with Gasteiger partial charge in [0.05, 0.1) is 18.1 Å². The normalized spacial score (nSPS) is 15.8. The molecule has 2 fully saturated rings. The van der Waals surface area contributed by atoms with E-state index in [9.17, 15) is 18.0 Å². The van der Waals surface area contributed by atoms with Crippen LogP contribution in [0.5, 0.6) is 0 Å². The van der Waals surface area contributed by atoms with Gasteiger partial charge in [-0.25, -0.2) is 0 Å². The molecule has 2 aliphatic rings. The summed E-state index contributed by atoms with van der Waals surface area (Å²) in [6, 6.07) is 21.3. The number of morpholine rings is 1. The molecular formula is C34H42N4O7S. The van der Waals surface area contributed by atoms with E-state index in [1.165, 1.54) is 6.07 Å². The minimum Gasteiger partial charge on any atom is -0.464 e. The van der Waals surface area contributed by atoms with Gasteiger partial charge in [0, 0.05) is 50.3 Å². The van der Waals surface area contributed by atoms with Gasteiger partial charge in [-0.05, 0) is 60.6 Å². The van der Waals surface area contributed by atoms with Crippen LogP contribution in [0, 0.1) is 18.3 Å². The third-order valence-corrected chi connectivity index (χ3v) is 9.18. The number of nitrogens with two attached hydrogens (primary N) is 1. The van der Waals surface area contributed by atoms with Crippen LogP contribution in [0.4, 0.5) is 0 Å². The molecule has 0 unspecified atom stereocenters. The van der Waals surface area contributed by atoms with Gasteiger partial charge >= 0.3 is 5.97 Å². The lowest BCUT2D eigenvalue weighted by Crippen LogP contribution is -2.39. The molecule has 0 aromatic heterocycles. The summed E-state index contributed by atoms with van der Waals surface area (Å²) in [6.07, 6.45) is 2.04. The molecule has 4 N–H and O–H groups in total. The first-order valence-corrected chi connectivity index (χ1v) is 16.8. The highest BCUT2D eigenvalue weighted by atomic mass is 32.2. The number of carbonyl (C=O) groups excluding carboxylic acids is 2. The molecule has 0 bridgehead atoms. The number of amidine groups is 1. The van der Waals surface area contributed by atoms with Gasteiger partial charge < -0.3 is 20.1 Å². The zero-order valence-electron chi connectivity index (χ0n) is 26.1. The summed E-state index contributed by atoms with van der Waals surface area (Å²) in [7, 11) is -4.03. The Bertz CT molecular complexity index is 1580. The Balaban J connectivity index is 0.000000369. The Labute approximate surface area is 270 Å². The predicted octanol–water partition coefficient (Wildman–Crippen LogP) is 4.00. The lowest BCUT2D eigenvalue weighted by atomic mass is 9.93. The second-order valence-electron chi connectivity index (χ2n) is 11.4. The average Bonchev–Trinajstić information content (AvgIpc) is 3.05. The number of rotatable bonds is 9. The third kappa shape index (κ3) is 10.2. The number of esters is 1. The summed E-state index contributed by atoms with van der Waals surface area (Å²) in [5.74, 6) is 0.183. The van der Waals surface area contributed by atoms with E-state index in [-0.39, 0.29) is 28.5 Å². The Morgan fingerprint density at radius 2 is 1.48 bits per heavy atom. The molecule has 0 radical (unpaired) electrons. The van der Waals surface area contributed by atoms with E-state index in [1.54, 1.807) is 25.1 Å². The highest BCUT2D eigenvalue weighted by Crippen LogP contribution is 2.24. The first kappa shape index (κ1) is 34.8. The van der Waals surface area contributed by atoms with Crippen molar-refractivity contribution in [3.63, 3.8) is 0 Å². The SMILES string of the molecule is Cc1ccccc1S(=O)(=O)O.N=C(N)c1ccc(-c2ccc(C(=O)N3CCC(CC(=O)OCCN4CCOCC4)CC3)cc2)cc1. The number of ether oxygens (including phenoxy) is 2. The highest BCUT2D eigenvalue weighted by molar-refractivity contribution is 7.85. The summed E-state index contributed by atoms with van der Waals surface area (Å²) in [6.45, 7) is 7.37. The molecule has 3 aromatic carbocycles. The second kappa shape index (κ2) is 16.5. The van der Waals surface area contributed by atoms with Crippen LogP contribution in [0.1, 0.15) is 40.7 Å². The van der Waals surface area contributed by atoms with Crippen molar-refractivity contribution < 1.29 is 32.0 Å². The lowest BCUT2D eigenvalue weighted by Gasteiger charge is -2.31. The lowest BCUT2D eigenvalue weighted by molar-refractivity contribution is -0.145. The molecular weight excluding hydrogens is 608 g/mol. The molecule has 2 heterocycles. The molecule has 12 heteroatoms. The van der Waals surface area contributed by atoms with Crippen LogP contribution in [0.15, 0.2) is 77.7 Å². The topological polar surface area (TPSA) is 163 Å². The molecule has 3 aromatic rings. The quantitative estimate of drug-likeness (QED) is 0.134. The molecule has 2 aliphatic heterocycles. The van der Waals surface area contributed by atoms with Crippen molar-refractivity contribution in [1.82, 2.24) is 9.80 Å². The van der Waals surface area contributed by atoms with Crippen LogP contribution < -0.4 is 5.73 Å². The summed E-state index contributed by atoms with van der Waals surface area (Å²) in [4.78, 5) is 29.3.